The van der Waals surface area contributed by atoms with E-state index >= 15 is 0 Å². The normalized spacial score (nSPS) is 14.4. The van der Waals surface area contributed by atoms with Gasteiger partial charge in [-0.2, -0.15) is 0 Å². The number of hydrogen-bond acceptors (Lipinski definition) is 4. The highest BCUT2D eigenvalue weighted by Gasteiger charge is 2.39. The first-order valence-corrected chi connectivity index (χ1v) is 16.5. The highest BCUT2D eigenvalue weighted by atomic mass is 28.4. The maximum Gasteiger partial charge on any atom is 0.192 e. The van der Waals surface area contributed by atoms with Crippen LogP contribution in [0.4, 0.5) is 0 Å². The molecule has 0 radical (unpaired) electrons. The Bertz CT molecular complexity index is 383. The maximum atomic E-state index is 6.51. The van der Waals surface area contributed by atoms with Crippen molar-refractivity contribution in [2.45, 2.75) is 96.7 Å². The summed E-state index contributed by atoms with van der Waals surface area (Å²) in [7, 11) is 0.792. The predicted octanol–water partition coefficient (Wildman–Crippen LogP) is 5.33. The third-order valence-corrected chi connectivity index (χ3v) is 15.4. The van der Waals surface area contributed by atoms with Gasteiger partial charge in [-0.1, -0.05) is 41.5 Å². The summed E-state index contributed by atoms with van der Waals surface area (Å²) in [6.07, 6.45) is 2.41. The fraction of sp³-hybridized carbons (Fsp3) is 1.00. The van der Waals surface area contributed by atoms with Gasteiger partial charge in [0.25, 0.3) is 0 Å². The van der Waals surface area contributed by atoms with Crippen LogP contribution in [0.3, 0.4) is 0 Å². The van der Waals surface area contributed by atoms with Crippen molar-refractivity contribution in [2.24, 2.45) is 0 Å². The maximum absolute atomic E-state index is 6.51. The van der Waals surface area contributed by atoms with Crippen molar-refractivity contribution in [3.8, 4) is 0 Å². The summed E-state index contributed by atoms with van der Waals surface area (Å²) in [5, 5.41) is 4.20. The molecule has 0 fully saturated rings. The lowest BCUT2D eigenvalue weighted by Gasteiger charge is -2.39. The van der Waals surface area contributed by atoms with E-state index in [1.807, 2.05) is 0 Å². The molecule has 0 unspecified atom stereocenters. The molecule has 0 aromatic heterocycles. The molecule has 0 rings (SSSR count). The average Bonchev–Trinajstić information content (AvgIpc) is 2.46. The fourth-order valence-electron chi connectivity index (χ4n) is 2.08. The molecule has 0 aliphatic heterocycles. The first-order chi connectivity index (χ1) is 12.0. The van der Waals surface area contributed by atoms with Crippen molar-refractivity contribution in [2.75, 3.05) is 40.4 Å². The number of hydrogen-bond donors (Lipinski definition) is 1. The molecular weight excluding hydrogens is 368 g/mol. The molecule has 0 bridgehead atoms. The molecule has 0 spiro atoms. The zero-order valence-corrected chi connectivity index (χ0v) is 22.6. The van der Waals surface area contributed by atoms with Crippen LogP contribution in [-0.4, -0.2) is 68.0 Å². The van der Waals surface area contributed by atoms with Crippen molar-refractivity contribution in [1.29, 1.82) is 0 Å². The van der Waals surface area contributed by atoms with E-state index in [2.05, 4.69) is 92.0 Å². The largest absolute Gasteiger partial charge is 0.415 e. The molecular formula is C21H50N2O2Si2. The van der Waals surface area contributed by atoms with E-state index in [0.717, 1.165) is 26.3 Å². The van der Waals surface area contributed by atoms with E-state index in [1.54, 1.807) is 0 Å². The molecule has 0 aliphatic rings. The van der Waals surface area contributed by atoms with Crippen LogP contribution < -0.4 is 5.32 Å². The molecule has 4 nitrogen and oxygen atoms in total. The van der Waals surface area contributed by atoms with Gasteiger partial charge >= 0.3 is 0 Å². The quantitative estimate of drug-likeness (QED) is 0.343. The lowest BCUT2D eigenvalue weighted by molar-refractivity contribution is 0.176. The van der Waals surface area contributed by atoms with Gasteiger partial charge in [-0.3, -0.25) is 0 Å². The fourth-order valence-corrected chi connectivity index (χ4v) is 4.18. The third kappa shape index (κ3) is 10.6. The highest BCUT2D eigenvalue weighted by molar-refractivity contribution is 6.74. The standard InChI is InChI=1S/C21H50N2O2Si2/c1-20(2,3)26(9,10)24-17-19(22-15-13-14-16-23(7)8)18-25-27(11,12)21(4,5)6/h19,22H,13-18H2,1-12H3. The Kier molecular flexibility index (Phi) is 11.0. The smallest absolute Gasteiger partial charge is 0.192 e. The number of unbranched alkanes of at least 4 members (excludes halogenated alkanes) is 1. The van der Waals surface area contributed by atoms with Gasteiger partial charge < -0.3 is 19.1 Å². The number of rotatable bonds is 12. The van der Waals surface area contributed by atoms with Crippen LogP contribution in [0, 0.1) is 0 Å². The van der Waals surface area contributed by atoms with Gasteiger partial charge in [0, 0.05) is 0 Å². The lowest BCUT2D eigenvalue weighted by atomic mass is 10.2. The van der Waals surface area contributed by atoms with Crippen LogP contribution in [0.15, 0.2) is 0 Å². The summed E-state index contributed by atoms with van der Waals surface area (Å²) >= 11 is 0. The van der Waals surface area contributed by atoms with Crippen LogP contribution in [0.1, 0.15) is 54.4 Å². The first-order valence-electron chi connectivity index (χ1n) is 10.7. The number of nitrogens with zero attached hydrogens (tertiary/aromatic N) is 1. The molecule has 6 heteroatoms. The van der Waals surface area contributed by atoms with Crippen LogP contribution in [0.25, 0.3) is 0 Å². The van der Waals surface area contributed by atoms with Gasteiger partial charge in [0.05, 0.1) is 19.3 Å². The van der Waals surface area contributed by atoms with E-state index in [9.17, 15) is 0 Å². The molecule has 0 amide bonds. The summed E-state index contributed by atoms with van der Waals surface area (Å²) in [6, 6.07) is 0.271. The minimum Gasteiger partial charge on any atom is -0.415 e. The van der Waals surface area contributed by atoms with Gasteiger partial charge in [0.15, 0.2) is 16.6 Å². The Balaban J connectivity index is 4.75. The van der Waals surface area contributed by atoms with Crippen molar-refractivity contribution >= 4 is 16.6 Å². The lowest BCUT2D eigenvalue weighted by Crippen LogP contribution is -2.49. The molecule has 0 aliphatic carbocycles. The Labute approximate surface area is 173 Å². The van der Waals surface area contributed by atoms with Crippen molar-refractivity contribution in [3.05, 3.63) is 0 Å². The van der Waals surface area contributed by atoms with Crippen molar-refractivity contribution in [1.82, 2.24) is 10.2 Å². The second-order valence-electron chi connectivity index (χ2n) is 11.3. The van der Waals surface area contributed by atoms with E-state index in [1.165, 1.54) is 12.8 Å². The topological polar surface area (TPSA) is 33.7 Å². The number of nitrogens with one attached hydrogen (secondary N) is 1. The van der Waals surface area contributed by atoms with Gasteiger partial charge in [0.1, 0.15) is 0 Å². The van der Waals surface area contributed by atoms with E-state index in [0.29, 0.717) is 0 Å². The minimum atomic E-state index is -1.74. The molecule has 0 atom stereocenters. The zero-order valence-electron chi connectivity index (χ0n) is 20.6. The van der Waals surface area contributed by atoms with Gasteiger partial charge in [0.2, 0.25) is 0 Å². The van der Waals surface area contributed by atoms with Gasteiger partial charge in [-0.05, 0) is 76.3 Å². The van der Waals surface area contributed by atoms with Crippen LogP contribution in [0.5, 0.6) is 0 Å². The zero-order chi connectivity index (χ0) is 21.5. The summed E-state index contributed by atoms with van der Waals surface area (Å²) in [5.74, 6) is 0. The Morgan fingerprint density at radius 2 is 1.19 bits per heavy atom. The third-order valence-electron chi connectivity index (χ3n) is 6.37. The predicted molar refractivity (Wildman–Crippen MR) is 126 cm³/mol. The summed E-state index contributed by atoms with van der Waals surface area (Å²) in [4.78, 5) is 2.25. The summed E-state index contributed by atoms with van der Waals surface area (Å²) in [6.45, 7) is 26.8. The van der Waals surface area contributed by atoms with Crippen LogP contribution >= 0.6 is 0 Å². The SMILES string of the molecule is CN(C)CCCCNC(CO[Si](C)(C)C(C)(C)C)CO[Si](C)(C)C(C)(C)C. The molecule has 1 N–H and O–H groups in total. The van der Waals surface area contributed by atoms with E-state index in [-0.39, 0.29) is 16.1 Å². The average molecular weight is 419 g/mol. The second kappa shape index (κ2) is 10.9. The molecule has 0 saturated carbocycles. The molecule has 0 saturated heterocycles. The monoisotopic (exact) mass is 418 g/mol. The van der Waals surface area contributed by atoms with Gasteiger partial charge in [-0.25, -0.2) is 0 Å². The first kappa shape index (κ1) is 27.3. The molecule has 164 valence electrons. The van der Waals surface area contributed by atoms with Crippen LogP contribution in [-0.2, 0) is 8.85 Å². The van der Waals surface area contributed by atoms with E-state index in [4.69, 9.17) is 8.85 Å². The summed E-state index contributed by atoms with van der Waals surface area (Å²) in [5.41, 5.74) is 0. The Morgan fingerprint density at radius 3 is 1.52 bits per heavy atom. The van der Waals surface area contributed by atoms with Gasteiger partial charge in [-0.15, -0.1) is 0 Å². The Hall–Kier alpha value is 0.274. The summed E-state index contributed by atoms with van der Waals surface area (Å²) < 4.78 is 13.0. The second-order valence-corrected chi connectivity index (χ2v) is 20.9. The van der Waals surface area contributed by atoms with Crippen molar-refractivity contribution in [3.63, 3.8) is 0 Å². The van der Waals surface area contributed by atoms with E-state index < -0.39 is 16.6 Å². The molecule has 0 aromatic rings. The highest BCUT2D eigenvalue weighted by Crippen LogP contribution is 2.37. The van der Waals surface area contributed by atoms with Crippen LogP contribution in [0.2, 0.25) is 36.3 Å². The molecule has 0 heterocycles. The Morgan fingerprint density at radius 1 is 0.778 bits per heavy atom. The van der Waals surface area contributed by atoms with Crippen molar-refractivity contribution < 1.29 is 8.85 Å². The molecule has 0 aromatic carbocycles. The molecule has 27 heavy (non-hydrogen) atoms. The minimum absolute atomic E-state index is 0.240.